The van der Waals surface area contributed by atoms with Gasteiger partial charge >= 0.3 is 0 Å². The molecule has 0 aliphatic heterocycles. The smallest absolute Gasteiger partial charge is 0.203 e. The Balaban J connectivity index is 2.45. The molecule has 0 saturated heterocycles. The number of nitrogen functional groups attached to an aromatic ring is 1. The quantitative estimate of drug-likeness (QED) is 0.700. The van der Waals surface area contributed by atoms with Gasteiger partial charge in [0.2, 0.25) is 5.13 Å². The molecular weight excluding hydrogens is 158 g/mol. The SMILES string of the molecule is CCC=CCc1nnc(N)s1. The van der Waals surface area contributed by atoms with E-state index in [2.05, 4.69) is 29.3 Å². The lowest BCUT2D eigenvalue weighted by Crippen LogP contribution is -1.80. The molecule has 1 rings (SSSR count). The molecule has 0 amide bonds. The highest BCUT2D eigenvalue weighted by Crippen LogP contribution is 2.11. The standard InChI is InChI=1S/C7H11N3S/c1-2-3-4-5-6-9-10-7(8)11-6/h3-4H,2,5H2,1H3,(H2,8,10). The van der Waals surface area contributed by atoms with E-state index in [1.807, 2.05) is 0 Å². The number of allylic oxidation sites excluding steroid dienone is 2. The molecule has 4 heteroatoms. The van der Waals surface area contributed by atoms with E-state index in [1.165, 1.54) is 11.3 Å². The first-order valence-corrected chi connectivity index (χ1v) is 4.37. The van der Waals surface area contributed by atoms with Gasteiger partial charge in [-0.25, -0.2) is 0 Å². The lowest BCUT2D eigenvalue weighted by Gasteiger charge is -1.82. The van der Waals surface area contributed by atoms with E-state index in [9.17, 15) is 0 Å². The molecule has 1 aromatic rings. The number of hydrogen-bond donors (Lipinski definition) is 1. The molecule has 0 atom stereocenters. The second-order valence-electron chi connectivity index (χ2n) is 2.12. The minimum Gasteiger partial charge on any atom is -0.374 e. The number of hydrogen-bond acceptors (Lipinski definition) is 4. The van der Waals surface area contributed by atoms with E-state index in [1.54, 1.807) is 0 Å². The third kappa shape index (κ3) is 2.67. The fourth-order valence-corrected chi connectivity index (χ4v) is 1.28. The summed E-state index contributed by atoms with van der Waals surface area (Å²) in [5.41, 5.74) is 5.40. The lowest BCUT2D eigenvalue weighted by atomic mass is 10.3. The summed E-state index contributed by atoms with van der Waals surface area (Å²) in [6, 6.07) is 0. The lowest BCUT2D eigenvalue weighted by molar-refractivity contribution is 1.02. The Morgan fingerprint density at radius 1 is 1.45 bits per heavy atom. The second kappa shape index (κ2) is 4.08. The zero-order valence-electron chi connectivity index (χ0n) is 6.45. The van der Waals surface area contributed by atoms with Gasteiger partial charge in [0, 0.05) is 6.42 Å². The van der Waals surface area contributed by atoms with Gasteiger partial charge in [0.15, 0.2) is 0 Å². The van der Waals surface area contributed by atoms with Crippen molar-refractivity contribution in [1.82, 2.24) is 10.2 Å². The monoisotopic (exact) mass is 169 g/mol. The Bertz CT molecular complexity index is 242. The van der Waals surface area contributed by atoms with Crippen LogP contribution < -0.4 is 5.73 Å². The highest BCUT2D eigenvalue weighted by molar-refractivity contribution is 7.15. The molecule has 3 nitrogen and oxygen atoms in total. The van der Waals surface area contributed by atoms with Crippen molar-refractivity contribution >= 4 is 16.5 Å². The Morgan fingerprint density at radius 3 is 2.82 bits per heavy atom. The average molecular weight is 169 g/mol. The minimum absolute atomic E-state index is 0.546. The molecule has 0 fully saturated rings. The van der Waals surface area contributed by atoms with Gasteiger partial charge in [-0.1, -0.05) is 30.4 Å². The molecule has 1 aromatic heterocycles. The van der Waals surface area contributed by atoms with Crippen LogP contribution in [0.1, 0.15) is 18.4 Å². The summed E-state index contributed by atoms with van der Waals surface area (Å²) >= 11 is 1.44. The predicted molar refractivity (Wildman–Crippen MR) is 47.5 cm³/mol. The van der Waals surface area contributed by atoms with Gasteiger partial charge < -0.3 is 5.73 Å². The highest BCUT2D eigenvalue weighted by atomic mass is 32.1. The minimum atomic E-state index is 0.546. The number of aromatic nitrogens is 2. The van der Waals surface area contributed by atoms with Crippen LogP contribution in [0.4, 0.5) is 5.13 Å². The molecule has 0 bridgehead atoms. The van der Waals surface area contributed by atoms with Crippen LogP contribution in [-0.2, 0) is 6.42 Å². The van der Waals surface area contributed by atoms with E-state index >= 15 is 0 Å². The second-order valence-corrected chi connectivity index (χ2v) is 3.21. The largest absolute Gasteiger partial charge is 0.374 e. The molecule has 0 aliphatic rings. The van der Waals surface area contributed by atoms with Crippen molar-refractivity contribution in [3.63, 3.8) is 0 Å². The van der Waals surface area contributed by atoms with Crippen LogP contribution in [0, 0.1) is 0 Å². The van der Waals surface area contributed by atoms with Crippen LogP contribution >= 0.6 is 11.3 Å². The fraction of sp³-hybridized carbons (Fsp3) is 0.429. The van der Waals surface area contributed by atoms with Crippen LogP contribution in [0.15, 0.2) is 12.2 Å². The summed E-state index contributed by atoms with van der Waals surface area (Å²) in [4.78, 5) is 0. The summed E-state index contributed by atoms with van der Waals surface area (Å²) in [7, 11) is 0. The molecular formula is C7H11N3S. The molecule has 0 aromatic carbocycles. The summed E-state index contributed by atoms with van der Waals surface area (Å²) in [6.07, 6.45) is 6.11. The van der Waals surface area contributed by atoms with Gasteiger partial charge in [-0.15, -0.1) is 10.2 Å². The van der Waals surface area contributed by atoms with E-state index < -0.39 is 0 Å². The molecule has 0 unspecified atom stereocenters. The zero-order valence-corrected chi connectivity index (χ0v) is 7.27. The van der Waals surface area contributed by atoms with E-state index in [-0.39, 0.29) is 0 Å². The topological polar surface area (TPSA) is 51.8 Å². The van der Waals surface area contributed by atoms with Crippen molar-refractivity contribution in [3.05, 3.63) is 17.2 Å². The van der Waals surface area contributed by atoms with Crippen molar-refractivity contribution in [3.8, 4) is 0 Å². The normalized spacial score (nSPS) is 11.0. The summed E-state index contributed by atoms with van der Waals surface area (Å²) in [5, 5.41) is 9.11. The number of nitrogens with zero attached hydrogens (tertiary/aromatic N) is 2. The first-order valence-electron chi connectivity index (χ1n) is 3.55. The summed E-state index contributed by atoms with van der Waals surface area (Å²) in [6.45, 7) is 2.10. The van der Waals surface area contributed by atoms with Crippen LogP contribution in [0.3, 0.4) is 0 Å². The Kier molecular flexibility index (Phi) is 3.04. The maximum Gasteiger partial charge on any atom is 0.203 e. The van der Waals surface area contributed by atoms with Gasteiger partial charge in [-0.2, -0.15) is 0 Å². The molecule has 2 N–H and O–H groups in total. The maximum absolute atomic E-state index is 5.40. The molecule has 0 saturated carbocycles. The molecule has 11 heavy (non-hydrogen) atoms. The highest BCUT2D eigenvalue weighted by Gasteiger charge is 1.96. The van der Waals surface area contributed by atoms with Gasteiger partial charge in [-0.05, 0) is 6.42 Å². The number of rotatable bonds is 3. The number of anilines is 1. The molecule has 0 spiro atoms. The third-order valence-electron chi connectivity index (χ3n) is 1.18. The van der Waals surface area contributed by atoms with Crippen LogP contribution in [0.5, 0.6) is 0 Å². The average Bonchev–Trinajstić information content (AvgIpc) is 2.37. The Hall–Kier alpha value is -0.900. The van der Waals surface area contributed by atoms with E-state index in [4.69, 9.17) is 5.73 Å². The van der Waals surface area contributed by atoms with Crippen LogP contribution in [-0.4, -0.2) is 10.2 Å². The third-order valence-corrected chi connectivity index (χ3v) is 1.95. The number of nitrogens with two attached hydrogens (primary N) is 1. The molecule has 1 heterocycles. The first-order chi connectivity index (χ1) is 5.33. The molecule has 0 radical (unpaired) electrons. The predicted octanol–water partition coefficient (Wildman–Crippen LogP) is 1.63. The fourth-order valence-electron chi connectivity index (χ4n) is 0.700. The Morgan fingerprint density at radius 2 is 2.27 bits per heavy atom. The first kappa shape index (κ1) is 8.20. The van der Waals surface area contributed by atoms with E-state index in [0.717, 1.165) is 17.8 Å². The van der Waals surface area contributed by atoms with Crippen LogP contribution in [0.25, 0.3) is 0 Å². The molecule has 0 aliphatic carbocycles. The van der Waals surface area contributed by atoms with Crippen molar-refractivity contribution in [2.24, 2.45) is 0 Å². The van der Waals surface area contributed by atoms with Gasteiger partial charge in [-0.3, -0.25) is 0 Å². The zero-order chi connectivity index (χ0) is 8.10. The van der Waals surface area contributed by atoms with Crippen molar-refractivity contribution in [2.75, 3.05) is 5.73 Å². The van der Waals surface area contributed by atoms with Crippen molar-refractivity contribution in [2.45, 2.75) is 19.8 Å². The van der Waals surface area contributed by atoms with Crippen molar-refractivity contribution in [1.29, 1.82) is 0 Å². The van der Waals surface area contributed by atoms with Crippen LogP contribution in [0.2, 0.25) is 0 Å². The van der Waals surface area contributed by atoms with Gasteiger partial charge in [0.1, 0.15) is 5.01 Å². The summed E-state index contributed by atoms with van der Waals surface area (Å²) < 4.78 is 0. The molecule has 60 valence electrons. The Labute approximate surface area is 70.0 Å². The maximum atomic E-state index is 5.40. The van der Waals surface area contributed by atoms with Gasteiger partial charge in [0.25, 0.3) is 0 Å². The van der Waals surface area contributed by atoms with Crippen molar-refractivity contribution < 1.29 is 0 Å². The van der Waals surface area contributed by atoms with E-state index in [0.29, 0.717) is 5.13 Å². The summed E-state index contributed by atoms with van der Waals surface area (Å²) in [5.74, 6) is 0. The van der Waals surface area contributed by atoms with Gasteiger partial charge in [0.05, 0.1) is 0 Å².